The Kier molecular flexibility index (Phi) is 8.17. The Balaban J connectivity index is 1.50. The lowest BCUT2D eigenvalue weighted by Gasteiger charge is -2.15. The Hall–Kier alpha value is -6.06. The minimum Gasteiger partial charge on any atom is -0.455 e. The minimum atomic E-state index is 0.806. The van der Waals surface area contributed by atoms with Gasteiger partial charge in [-0.15, -0.1) is 6.58 Å². The normalized spacial score (nSPS) is 14.5. The van der Waals surface area contributed by atoms with Crippen molar-refractivity contribution in [2.45, 2.75) is 26.2 Å². The summed E-state index contributed by atoms with van der Waals surface area (Å²) in [6, 6.07) is 36.8. The van der Waals surface area contributed by atoms with Crippen molar-refractivity contribution in [2.75, 3.05) is 0 Å². The molecule has 49 heavy (non-hydrogen) atoms. The maximum absolute atomic E-state index is 6.48. The quantitative estimate of drug-likeness (QED) is 0.132. The molecule has 3 aromatic heterocycles. The maximum Gasteiger partial charge on any atom is 0.143 e. The molecule has 0 fully saturated rings. The van der Waals surface area contributed by atoms with Crippen LogP contribution in [0.1, 0.15) is 26.2 Å². The summed E-state index contributed by atoms with van der Waals surface area (Å²) in [5.74, 6) is 0. The van der Waals surface area contributed by atoms with Crippen LogP contribution in [0.3, 0.4) is 0 Å². The van der Waals surface area contributed by atoms with Gasteiger partial charge in [-0.2, -0.15) is 0 Å². The number of para-hydroxylation sites is 3. The second-order valence-electron chi connectivity index (χ2n) is 12.3. The molecular weight excluding hydrogens is 597 g/mol. The number of aromatic nitrogens is 2. The molecule has 0 unspecified atom stereocenters. The van der Waals surface area contributed by atoms with Crippen LogP contribution in [-0.2, 0) is 0 Å². The summed E-state index contributed by atoms with van der Waals surface area (Å²) in [4.78, 5) is 0. The molecule has 0 N–H and O–H groups in total. The highest BCUT2D eigenvalue weighted by molar-refractivity contribution is 6.19. The van der Waals surface area contributed by atoms with E-state index in [2.05, 4.69) is 168 Å². The van der Waals surface area contributed by atoms with Gasteiger partial charge < -0.3 is 13.6 Å². The smallest absolute Gasteiger partial charge is 0.143 e. The zero-order valence-electron chi connectivity index (χ0n) is 27.7. The molecule has 238 valence electrons. The van der Waals surface area contributed by atoms with Gasteiger partial charge in [-0.1, -0.05) is 121 Å². The number of benzene rings is 4. The van der Waals surface area contributed by atoms with Gasteiger partial charge in [-0.05, 0) is 68.2 Å². The van der Waals surface area contributed by atoms with Crippen LogP contribution in [0.15, 0.2) is 175 Å². The van der Waals surface area contributed by atoms with Gasteiger partial charge in [-0.3, -0.25) is 0 Å². The third-order valence-corrected chi connectivity index (χ3v) is 9.37. The van der Waals surface area contributed by atoms with Crippen molar-refractivity contribution < 1.29 is 4.42 Å². The van der Waals surface area contributed by atoms with Gasteiger partial charge in [0.2, 0.25) is 0 Å². The Morgan fingerprint density at radius 3 is 2.49 bits per heavy atom. The molecule has 0 aliphatic heterocycles. The molecule has 7 aromatic rings. The Morgan fingerprint density at radius 2 is 1.59 bits per heavy atom. The fourth-order valence-electron chi connectivity index (χ4n) is 7.08. The Bertz CT molecular complexity index is 2610. The molecule has 0 amide bonds. The molecule has 0 radical (unpaired) electrons. The van der Waals surface area contributed by atoms with Gasteiger partial charge in [0.1, 0.15) is 11.2 Å². The van der Waals surface area contributed by atoms with E-state index in [9.17, 15) is 0 Å². The Labute approximate surface area is 286 Å². The molecule has 8 rings (SSSR count). The summed E-state index contributed by atoms with van der Waals surface area (Å²) in [7, 11) is 0. The first-order chi connectivity index (χ1) is 24.3. The summed E-state index contributed by atoms with van der Waals surface area (Å²) in [6.07, 6.45) is 24.8. The largest absolute Gasteiger partial charge is 0.455 e. The van der Waals surface area contributed by atoms with Crippen LogP contribution < -0.4 is 0 Å². The number of hydrogen-bond donors (Lipinski definition) is 0. The molecule has 3 heterocycles. The first-order valence-corrected chi connectivity index (χ1v) is 17.1. The highest BCUT2D eigenvalue weighted by atomic mass is 16.3. The van der Waals surface area contributed by atoms with E-state index in [4.69, 9.17) is 4.42 Å². The van der Waals surface area contributed by atoms with Gasteiger partial charge in [0.15, 0.2) is 0 Å². The molecule has 0 saturated carbocycles. The SMILES string of the molecule is C=CC/C=C\C(=C/C)n1c2ccccc2c2ccc3ccc(-c4cccc5c4oc4ccccc45)cccn(C4=C/C=C\CCC=C4)c3c21. The third-order valence-electron chi connectivity index (χ3n) is 9.37. The van der Waals surface area contributed by atoms with Crippen LogP contribution in [0.25, 0.3) is 77.2 Å². The number of rotatable bonds is 6. The summed E-state index contributed by atoms with van der Waals surface area (Å²) in [6.45, 7) is 6.05. The van der Waals surface area contributed by atoms with Crippen LogP contribution in [0.4, 0.5) is 0 Å². The third kappa shape index (κ3) is 5.44. The lowest BCUT2D eigenvalue weighted by atomic mass is 10.0. The number of hydrogen-bond acceptors (Lipinski definition) is 1. The second kappa shape index (κ2) is 13.2. The number of furan rings is 1. The predicted molar refractivity (Wildman–Crippen MR) is 211 cm³/mol. The van der Waals surface area contributed by atoms with E-state index in [1.54, 1.807) is 0 Å². The molecule has 0 atom stereocenters. The fourth-order valence-corrected chi connectivity index (χ4v) is 7.08. The average molecular weight is 635 g/mol. The lowest BCUT2D eigenvalue weighted by Crippen LogP contribution is -2.01. The molecule has 0 bridgehead atoms. The molecule has 4 aromatic carbocycles. The molecule has 1 aliphatic rings. The van der Waals surface area contributed by atoms with Crippen LogP contribution >= 0.6 is 0 Å². The summed E-state index contributed by atoms with van der Waals surface area (Å²) >= 11 is 0. The summed E-state index contributed by atoms with van der Waals surface area (Å²) in [5.41, 5.74) is 9.63. The van der Waals surface area contributed by atoms with Crippen molar-refractivity contribution in [1.82, 2.24) is 9.13 Å². The van der Waals surface area contributed by atoms with Crippen LogP contribution in [0.2, 0.25) is 0 Å². The predicted octanol–water partition coefficient (Wildman–Crippen LogP) is 13.2. The van der Waals surface area contributed by atoms with E-state index in [1.807, 2.05) is 18.2 Å². The average Bonchev–Trinajstić information content (AvgIpc) is 3.68. The highest BCUT2D eigenvalue weighted by Gasteiger charge is 2.17. The standard InChI is InChI=1S/C46H38N2O/c1-3-5-9-19-35(4-2)48-42-26-14-12-22-38(42)40-31-30-34-29-28-33(37-24-16-25-41-39-23-13-15-27-43(39)49-46(37)41)18-17-32-47(44(34)45(40)48)36-20-10-7-6-8-11-21-36/h3-4,7,9-32H,1,5-6,8H2,2H3/b10-7-,19-9-,21-11?,29-28?,32-17?,33-18?,35-4+,36-20?. The molecule has 1 aliphatic carbocycles. The van der Waals surface area contributed by atoms with E-state index < -0.39 is 0 Å². The van der Waals surface area contributed by atoms with Crippen LogP contribution in [0.5, 0.6) is 0 Å². The van der Waals surface area contributed by atoms with Crippen molar-refractivity contribution in [3.63, 3.8) is 0 Å². The first-order valence-electron chi connectivity index (χ1n) is 17.1. The van der Waals surface area contributed by atoms with Gasteiger partial charge in [0, 0.05) is 50.1 Å². The van der Waals surface area contributed by atoms with E-state index in [0.29, 0.717) is 0 Å². The molecule has 3 heteroatoms. The topological polar surface area (TPSA) is 23.0 Å². The number of allylic oxidation sites excluding steroid dienone is 11. The summed E-state index contributed by atoms with van der Waals surface area (Å²) < 4.78 is 11.3. The monoisotopic (exact) mass is 634 g/mol. The molecule has 0 spiro atoms. The van der Waals surface area contributed by atoms with Crippen molar-refractivity contribution >= 4 is 66.0 Å². The van der Waals surface area contributed by atoms with Crippen LogP contribution in [-0.4, -0.2) is 9.13 Å². The van der Waals surface area contributed by atoms with E-state index >= 15 is 0 Å². The van der Waals surface area contributed by atoms with Crippen molar-refractivity contribution in [3.8, 4) is 11.1 Å². The molecule has 3 nitrogen and oxygen atoms in total. The highest BCUT2D eigenvalue weighted by Crippen LogP contribution is 2.39. The van der Waals surface area contributed by atoms with Crippen molar-refractivity contribution in [1.29, 1.82) is 0 Å². The summed E-state index contributed by atoms with van der Waals surface area (Å²) in [5, 5.41) is 5.81. The maximum atomic E-state index is 6.48. The van der Waals surface area contributed by atoms with E-state index in [0.717, 1.165) is 80.1 Å². The minimum absolute atomic E-state index is 0.806. The number of nitrogens with zero attached hydrogens (tertiary/aromatic N) is 2. The first kappa shape index (κ1) is 30.3. The Morgan fingerprint density at radius 1 is 0.776 bits per heavy atom. The fraction of sp³-hybridized carbons (Fsp3) is 0.0870. The zero-order valence-corrected chi connectivity index (χ0v) is 27.7. The van der Waals surface area contributed by atoms with Gasteiger partial charge in [0.05, 0.1) is 16.6 Å². The van der Waals surface area contributed by atoms with Crippen molar-refractivity contribution in [2.24, 2.45) is 0 Å². The molecular formula is C46H38N2O. The van der Waals surface area contributed by atoms with Gasteiger partial charge in [-0.25, -0.2) is 0 Å². The van der Waals surface area contributed by atoms with Gasteiger partial charge >= 0.3 is 0 Å². The zero-order chi connectivity index (χ0) is 33.2. The van der Waals surface area contributed by atoms with Gasteiger partial charge in [0.25, 0.3) is 0 Å². The van der Waals surface area contributed by atoms with E-state index in [1.165, 1.54) is 16.3 Å². The second-order valence-corrected chi connectivity index (χ2v) is 12.3. The number of fused-ring (bicyclic) bond motifs is 8. The van der Waals surface area contributed by atoms with E-state index in [-0.39, 0.29) is 0 Å². The van der Waals surface area contributed by atoms with Crippen LogP contribution in [0, 0.1) is 0 Å². The van der Waals surface area contributed by atoms with Crippen molar-refractivity contribution in [3.05, 3.63) is 171 Å². The molecule has 0 saturated heterocycles. The lowest BCUT2D eigenvalue weighted by molar-refractivity contribution is 0.670.